The van der Waals surface area contributed by atoms with Gasteiger partial charge in [-0.1, -0.05) is 39.0 Å². The second-order valence-electron chi connectivity index (χ2n) is 5.59. The molecule has 0 atom stereocenters. The summed E-state index contributed by atoms with van der Waals surface area (Å²) in [5.74, 6) is -15.6. The maximum absolute atomic E-state index is 13.4. The van der Waals surface area contributed by atoms with Crippen LogP contribution in [0.4, 0.5) is 22.0 Å². The molecule has 0 aliphatic carbocycles. The van der Waals surface area contributed by atoms with Crippen molar-refractivity contribution in [2.75, 3.05) is 6.61 Å². The molecule has 0 amide bonds. The number of rotatable bonds is 10. The van der Waals surface area contributed by atoms with Crippen LogP contribution in [0.5, 0.6) is 5.75 Å². The van der Waals surface area contributed by atoms with E-state index in [1.165, 1.54) is 0 Å². The highest BCUT2D eigenvalue weighted by molar-refractivity contribution is 5.92. The van der Waals surface area contributed by atoms with E-state index >= 15 is 0 Å². The van der Waals surface area contributed by atoms with Gasteiger partial charge in [-0.15, -0.1) is 0 Å². The summed E-state index contributed by atoms with van der Waals surface area (Å²) in [6.07, 6.45) is 6.95. The average molecular weight is 394 g/mol. The van der Waals surface area contributed by atoms with Gasteiger partial charge >= 0.3 is 11.9 Å². The molecule has 1 aromatic rings. The first kappa shape index (κ1) is 22.6. The first-order valence-electron chi connectivity index (χ1n) is 8.37. The standard InChI is InChI=1S/C18H19F5O4/c1-2-3-4-5-6-7-10-26-11(24)8-9-12(25)27-18-16(22)14(20)13(19)15(21)17(18)23/h8-9H,2-7,10H2,1H3/b9-8+. The summed E-state index contributed by atoms with van der Waals surface area (Å²) in [5.41, 5.74) is 0. The highest BCUT2D eigenvalue weighted by Crippen LogP contribution is 2.29. The van der Waals surface area contributed by atoms with Gasteiger partial charge in [-0.25, -0.2) is 22.8 Å². The normalized spacial score (nSPS) is 11.0. The number of benzene rings is 1. The summed E-state index contributed by atoms with van der Waals surface area (Å²) in [7, 11) is 0. The molecule has 0 aliphatic rings. The van der Waals surface area contributed by atoms with E-state index in [-0.39, 0.29) is 6.61 Å². The lowest BCUT2D eigenvalue weighted by atomic mass is 10.1. The molecule has 9 heteroatoms. The molecule has 0 spiro atoms. The van der Waals surface area contributed by atoms with Gasteiger partial charge in [0.15, 0.2) is 0 Å². The number of unbranched alkanes of at least 4 members (excludes halogenated alkanes) is 5. The lowest BCUT2D eigenvalue weighted by Crippen LogP contribution is -2.12. The fraction of sp³-hybridized carbons (Fsp3) is 0.444. The van der Waals surface area contributed by atoms with Crippen LogP contribution in [0, 0.1) is 29.1 Å². The van der Waals surface area contributed by atoms with Gasteiger partial charge in [-0.3, -0.25) is 0 Å². The number of esters is 2. The van der Waals surface area contributed by atoms with E-state index < -0.39 is 46.8 Å². The molecule has 0 bridgehead atoms. The maximum Gasteiger partial charge on any atom is 0.336 e. The Morgan fingerprint density at radius 2 is 1.22 bits per heavy atom. The molecular weight excluding hydrogens is 375 g/mol. The summed E-state index contributed by atoms with van der Waals surface area (Å²) in [6.45, 7) is 2.22. The zero-order valence-electron chi connectivity index (χ0n) is 14.6. The van der Waals surface area contributed by atoms with Crippen LogP contribution in [0.25, 0.3) is 0 Å². The van der Waals surface area contributed by atoms with E-state index in [2.05, 4.69) is 11.7 Å². The third kappa shape index (κ3) is 6.99. The molecule has 0 unspecified atom stereocenters. The van der Waals surface area contributed by atoms with Crippen molar-refractivity contribution < 1.29 is 41.0 Å². The van der Waals surface area contributed by atoms with Crippen LogP contribution < -0.4 is 4.74 Å². The number of halogens is 5. The largest absolute Gasteiger partial charge is 0.463 e. The second-order valence-corrected chi connectivity index (χ2v) is 5.59. The molecule has 0 aliphatic heterocycles. The minimum Gasteiger partial charge on any atom is -0.463 e. The molecule has 1 aromatic carbocycles. The molecule has 150 valence electrons. The second kappa shape index (κ2) is 11.3. The summed E-state index contributed by atoms with van der Waals surface area (Å²) in [6, 6.07) is 0. The molecule has 0 saturated carbocycles. The van der Waals surface area contributed by atoms with Crippen molar-refractivity contribution in [1.29, 1.82) is 0 Å². The van der Waals surface area contributed by atoms with Gasteiger partial charge in [0.25, 0.3) is 0 Å². The van der Waals surface area contributed by atoms with Crippen molar-refractivity contribution in [2.24, 2.45) is 0 Å². The molecule has 1 rings (SSSR count). The Morgan fingerprint density at radius 1 is 0.741 bits per heavy atom. The fourth-order valence-electron chi connectivity index (χ4n) is 2.05. The van der Waals surface area contributed by atoms with E-state index in [1.54, 1.807) is 0 Å². The monoisotopic (exact) mass is 394 g/mol. The van der Waals surface area contributed by atoms with E-state index in [4.69, 9.17) is 4.74 Å². The van der Waals surface area contributed by atoms with E-state index in [1.807, 2.05) is 0 Å². The molecular formula is C18H19F5O4. The van der Waals surface area contributed by atoms with Gasteiger partial charge in [0.1, 0.15) is 0 Å². The number of carbonyl (C=O) groups excluding carboxylic acids is 2. The van der Waals surface area contributed by atoms with Crippen LogP contribution in [0.2, 0.25) is 0 Å². The number of hydrogen-bond donors (Lipinski definition) is 0. The number of ether oxygens (including phenoxy) is 2. The Balaban J connectivity index is 2.50. The van der Waals surface area contributed by atoms with Gasteiger partial charge in [0, 0.05) is 12.2 Å². The van der Waals surface area contributed by atoms with Crippen molar-refractivity contribution in [2.45, 2.75) is 45.4 Å². The summed E-state index contributed by atoms with van der Waals surface area (Å²) in [5, 5.41) is 0. The molecule has 4 nitrogen and oxygen atoms in total. The van der Waals surface area contributed by atoms with Crippen LogP contribution in [0.1, 0.15) is 45.4 Å². The maximum atomic E-state index is 13.4. The number of carbonyl (C=O) groups is 2. The van der Waals surface area contributed by atoms with Crippen LogP contribution >= 0.6 is 0 Å². The lowest BCUT2D eigenvalue weighted by molar-refractivity contribution is -0.138. The van der Waals surface area contributed by atoms with Gasteiger partial charge in [0.2, 0.25) is 34.8 Å². The van der Waals surface area contributed by atoms with Crippen LogP contribution in [-0.4, -0.2) is 18.5 Å². The molecule has 27 heavy (non-hydrogen) atoms. The molecule has 0 saturated heterocycles. The van der Waals surface area contributed by atoms with Gasteiger partial charge in [-0.05, 0) is 6.42 Å². The third-order valence-corrected chi connectivity index (χ3v) is 3.47. The zero-order valence-corrected chi connectivity index (χ0v) is 14.6. The van der Waals surface area contributed by atoms with Crippen LogP contribution in [-0.2, 0) is 14.3 Å². The lowest BCUT2D eigenvalue weighted by Gasteiger charge is -2.07. The number of hydrogen-bond acceptors (Lipinski definition) is 4. The minimum atomic E-state index is -2.38. The quantitative estimate of drug-likeness (QED) is 0.109. The van der Waals surface area contributed by atoms with Crippen molar-refractivity contribution in [3.8, 4) is 5.75 Å². The Morgan fingerprint density at radius 3 is 1.81 bits per heavy atom. The van der Waals surface area contributed by atoms with Gasteiger partial charge < -0.3 is 9.47 Å². The van der Waals surface area contributed by atoms with Crippen LogP contribution in [0.3, 0.4) is 0 Å². The Kier molecular flexibility index (Phi) is 9.46. The molecule has 0 fully saturated rings. The fourth-order valence-corrected chi connectivity index (χ4v) is 2.05. The Bertz CT molecular complexity index is 674. The van der Waals surface area contributed by atoms with Crippen molar-refractivity contribution in [3.63, 3.8) is 0 Å². The molecule has 0 radical (unpaired) electrons. The average Bonchev–Trinajstić information content (AvgIpc) is 2.65. The zero-order chi connectivity index (χ0) is 20.4. The molecule has 0 heterocycles. The third-order valence-electron chi connectivity index (χ3n) is 3.47. The summed E-state index contributed by atoms with van der Waals surface area (Å²) >= 11 is 0. The van der Waals surface area contributed by atoms with E-state index in [0.717, 1.165) is 32.1 Å². The SMILES string of the molecule is CCCCCCCCOC(=O)/C=C/C(=O)Oc1c(F)c(F)c(F)c(F)c1F. The highest BCUT2D eigenvalue weighted by Gasteiger charge is 2.28. The minimum absolute atomic E-state index is 0.127. The summed E-state index contributed by atoms with van der Waals surface area (Å²) < 4.78 is 74.5. The topological polar surface area (TPSA) is 52.6 Å². The van der Waals surface area contributed by atoms with Gasteiger partial charge in [-0.2, -0.15) is 8.78 Å². The molecule has 0 aromatic heterocycles. The first-order chi connectivity index (χ1) is 12.8. The van der Waals surface area contributed by atoms with Crippen molar-refractivity contribution in [1.82, 2.24) is 0 Å². The van der Waals surface area contributed by atoms with Gasteiger partial charge in [0.05, 0.1) is 6.61 Å². The smallest absolute Gasteiger partial charge is 0.336 e. The van der Waals surface area contributed by atoms with E-state index in [9.17, 15) is 31.5 Å². The summed E-state index contributed by atoms with van der Waals surface area (Å²) in [4.78, 5) is 22.8. The van der Waals surface area contributed by atoms with Crippen LogP contribution in [0.15, 0.2) is 12.2 Å². The highest BCUT2D eigenvalue weighted by atomic mass is 19.2. The van der Waals surface area contributed by atoms with Crippen molar-refractivity contribution in [3.05, 3.63) is 41.2 Å². The Labute approximate surface area is 152 Å². The van der Waals surface area contributed by atoms with E-state index in [0.29, 0.717) is 18.6 Å². The Hall–Kier alpha value is -2.45. The van der Waals surface area contributed by atoms with Crippen molar-refractivity contribution >= 4 is 11.9 Å². The predicted octanol–water partition coefficient (Wildman–Crippen LogP) is 4.75. The predicted molar refractivity (Wildman–Crippen MR) is 85.3 cm³/mol. The first-order valence-corrected chi connectivity index (χ1v) is 8.37. The molecule has 0 N–H and O–H groups in total.